The van der Waals surface area contributed by atoms with E-state index in [2.05, 4.69) is 47.3 Å². The van der Waals surface area contributed by atoms with Crippen LogP contribution in [0.3, 0.4) is 0 Å². The van der Waals surface area contributed by atoms with Gasteiger partial charge in [0, 0.05) is 24.0 Å². The summed E-state index contributed by atoms with van der Waals surface area (Å²) in [7, 11) is 0. The highest BCUT2D eigenvalue weighted by Gasteiger charge is 2.26. The van der Waals surface area contributed by atoms with Gasteiger partial charge in [-0.2, -0.15) is 4.98 Å². The summed E-state index contributed by atoms with van der Waals surface area (Å²) in [5.41, 5.74) is 5.58. The highest BCUT2D eigenvalue weighted by molar-refractivity contribution is 7.17. The van der Waals surface area contributed by atoms with Crippen molar-refractivity contribution < 1.29 is 0 Å². The molecule has 0 bridgehead atoms. The summed E-state index contributed by atoms with van der Waals surface area (Å²) in [4.78, 5) is 12.7. The molecule has 0 radical (unpaired) electrons. The van der Waals surface area contributed by atoms with Crippen molar-refractivity contribution in [2.45, 2.75) is 46.0 Å². The van der Waals surface area contributed by atoms with E-state index in [1.807, 2.05) is 0 Å². The Kier molecular flexibility index (Phi) is 4.80. The molecule has 1 fully saturated rings. The molecule has 28 heavy (non-hydrogen) atoms. The molecule has 146 valence electrons. The first-order valence-corrected chi connectivity index (χ1v) is 11.7. The Labute approximate surface area is 175 Å². The number of hydrogen-bond donors (Lipinski definition) is 0. The number of halogens is 1. The van der Waals surface area contributed by atoms with Gasteiger partial charge in [-0.1, -0.05) is 32.0 Å². The van der Waals surface area contributed by atoms with Gasteiger partial charge in [0.25, 0.3) is 0 Å². The molecule has 2 unspecified atom stereocenters. The Balaban J connectivity index is 1.65. The van der Waals surface area contributed by atoms with Crippen molar-refractivity contribution in [3.05, 3.63) is 40.0 Å². The summed E-state index contributed by atoms with van der Waals surface area (Å²) >= 11 is 8.00. The predicted octanol–water partition coefficient (Wildman–Crippen LogP) is 6.37. The first-order chi connectivity index (χ1) is 13.6. The molecule has 0 saturated carbocycles. The van der Waals surface area contributed by atoms with Crippen LogP contribution in [0.2, 0.25) is 5.28 Å². The van der Waals surface area contributed by atoms with Crippen LogP contribution in [0, 0.1) is 11.8 Å². The summed E-state index contributed by atoms with van der Waals surface area (Å²) in [6.07, 6.45) is 6.30. The van der Waals surface area contributed by atoms with Crippen LogP contribution in [0.15, 0.2) is 23.6 Å². The zero-order valence-corrected chi connectivity index (χ0v) is 18.1. The molecule has 1 aliphatic carbocycles. The lowest BCUT2D eigenvalue weighted by atomic mass is 9.89. The average Bonchev–Trinajstić information content (AvgIpc) is 3.10. The molecule has 3 aromatic rings. The molecular weight excluding hydrogens is 386 g/mol. The minimum atomic E-state index is 0.354. The SMILES string of the molecule is CC1CC(C)CN(c2nc(Cl)nc3scc(-c4ccc5c(c4)CCCC5)c23)C1. The van der Waals surface area contributed by atoms with Crippen molar-refractivity contribution in [3.8, 4) is 11.1 Å². The number of hydrogen-bond acceptors (Lipinski definition) is 4. The highest BCUT2D eigenvalue weighted by atomic mass is 35.5. The lowest BCUT2D eigenvalue weighted by Crippen LogP contribution is -2.39. The van der Waals surface area contributed by atoms with Gasteiger partial charge < -0.3 is 4.90 Å². The van der Waals surface area contributed by atoms with Crippen LogP contribution >= 0.6 is 22.9 Å². The van der Waals surface area contributed by atoms with Crippen LogP contribution in [0.5, 0.6) is 0 Å². The van der Waals surface area contributed by atoms with Crippen molar-refractivity contribution in [2.75, 3.05) is 18.0 Å². The molecule has 0 N–H and O–H groups in total. The van der Waals surface area contributed by atoms with Crippen molar-refractivity contribution in [3.63, 3.8) is 0 Å². The summed E-state index contributed by atoms with van der Waals surface area (Å²) in [5.74, 6) is 2.35. The molecule has 0 amide bonds. The number of aryl methyl sites for hydroxylation is 2. The zero-order chi connectivity index (χ0) is 19.3. The van der Waals surface area contributed by atoms with Gasteiger partial charge in [0.1, 0.15) is 10.6 Å². The lowest BCUT2D eigenvalue weighted by molar-refractivity contribution is 0.356. The Morgan fingerprint density at radius 3 is 2.57 bits per heavy atom. The number of nitrogens with zero attached hydrogens (tertiary/aromatic N) is 3. The predicted molar refractivity (Wildman–Crippen MR) is 120 cm³/mol. The van der Waals surface area contributed by atoms with E-state index < -0.39 is 0 Å². The minimum Gasteiger partial charge on any atom is -0.355 e. The molecule has 1 aliphatic heterocycles. The van der Waals surface area contributed by atoms with Crippen LogP contribution in [0.25, 0.3) is 21.3 Å². The number of thiophene rings is 1. The average molecular weight is 412 g/mol. The van der Waals surface area contributed by atoms with Gasteiger partial charge in [0.15, 0.2) is 0 Å². The van der Waals surface area contributed by atoms with Gasteiger partial charge in [-0.3, -0.25) is 0 Å². The summed E-state index contributed by atoms with van der Waals surface area (Å²) < 4.78 is 0. The second-order valence-electron chi connectivity index (χ2n) is 8.69. The summed E-state index contributed by atoms with van der Waals surface area (Å²) in [6, 6.07) is 7.01. The van der Waals surface area contributed by atoms with Gasteiger partial charge in [-0.05, 0) is 72.2 Å². The first kappa shape index (κ1) is 18.4. The van der Waals surface area contributed by atoms with Crippen molar-refractivity contribution in [1.29, 1.82) is 0 Å². The van der Waals surface area contributed by atoms with Gasteiger partial charge in [0.05, 0.1) is 5.39 Å². The Hall–Kier alpha value is -1.65. The molecule has 1 saturated heterocycles. The van der Waals surface area contributed by atoms with Crippen LogP contribution in [0.4, 0.5) is 5.82 Å². The Morgan fingerprint density at radius 2 is 1.79 bits per heavy atom. The van der Waals surface area contributed by atoms with E-state index in [4.69, 9.17) is 16.6 Å². The number of anilines is 1. The van der Waals surface area contributed by atoms with Crippen molar-refractivity contribution >= 4 is 39.0 Å². The van der Waals surface area contributed by atoms with Crippen LogP contribution in [-0.2, 0) is 12.8 Å². The van der Waals surface area contributed by atoms with Gasteiger partial charge in [-0.25, -0.2) is 4.98 Å². The smallest absolute Gasteiger partial charge is 0.225 e. The molecule has 3 nitrogen and oxygen atoms in total. The number of benzene rings is 1. The molecular formula is C23H26ClN3S. The van der Waals surface area contributed by atoms with Gasteiger partial charge in [0.2, 0.25) is 5.28 Å². The van der Waals surface area contributed by atoms with E-state index in [1.54, 1.807) is 11.3 Å². The Bertz CT molecular complexity index is 1020. The highest BCUT2D eigenvalue weighted by Crippen LogP contribution is 2.41. The number of piperidine rings is 1. The fourth-order valence-electron chi connectivity index (χ4n) is 5.08. The largest absolute Gasteiger partial charge is 0.355 e. The molecule has 2 aliphatic rings. The third-order valence-electron chi connectivity index (χ3n) is 6.22. The van der Waals surface area contributed by atoms with E-state index in [1.165, 1.54) is 59.7 Å². The Morgan fingerprint density at radius 1 is 1.04 bits per heavy atom. The fourth-order valence-corrected chi connectivity index (χ4v) is 6.23. The fraction of sp³-hybridized carbons (Fsp3) is 0.478. The topological polar surface area (TPSA) is 29.0 Å². The molecule has 2 atom stereocenters. The van der Waals surface area contributed by atoms with Crippen molar-refractivity contribution in [2.24, 2.45) is 11.8 Å². The molecule has 5 heteroatoms. The quantitative estimate of drug-likeness (QED) is 0.458. The molecule has 5 rings (SSSR count). The van der Waals surface area contributed by atoms with E-state index >= 15 is 0 Å². The number of aromatic nitrogens is 2. The van der Waals surface area contributed by atoms with Crippen LogP contribution in [0.1, 0.15) is 44.2 Å². The standard InChI is InChI=1S/C23H26ClN3S/c1-14-9-15(2)12-27(11-14)21-20-19(13-28-22(20)26-23(24)25-21)18-8-7-16-5-3-4-6-17(16)10-18/h7-8,10,13-15H,3-6,9,11-12H2,1-2H3. The van der Waals surface area contributed by atoms with Crippen LogP contribution in [-0.4, -0.2) is 23.1 Å². The second kappa shape index (κ2) is 7.31. The molecule has 2 aromatic heterocycles. The lowest BCUT2D eigenvalue weighted by Gasteiger charge is -2.36. The number of rotatable bonds is 2. The first-order valence-electron chi connectivity index (χ1n) is 10.4. The van der Waals surface area contributed by atoms with Crippen LogP contribution < -0.4 is 4.90 Å². The van der Waals surface area contributed by atoms with Crippen molar-refractivity contribution in [1.82, 2.24) is 9.97 Å². The minimum absolute atomic E-state index is 0.354. The summed E-state index contributed by atoms with van der Waals surface area (Å²) in [5, 5.41) is 3.76. The maximum absolute atomic E-state index is 6.32. The second-order valence-corrected chi connectivity index (χ2v) is 9.88. The maximum atomic E-state index is 6.32. The van der Waals surface area contributed by atoms with E-state index in [0.717, 1.165) is 23.7 Å². The van der Waals surface area contributed by atoms with E-state index in [0.29, 0.717) is 17.1 Å². The van der Waals surface area contributed by atoms with E-state index in [9.17, 15) is 0 Å². The van der Waals surface area contributed by atoms with Gasteiger partial charge >= 0.3 is 0 Å². The maximum Gasteiger partial charge on any atom is 0.225 e. The molecule has 3 heterocycles. The number of fused-ring (bicyclic) bond motifs is 2. The monoisotopic (exact) mass is 411 g/mol. The molecule has 0 spiro atoms. The normalized spacial score (nSPS) is 22.5. The zero-order valence-electron chi connectivity index (χ0n) is 16.5. The van der Waals surface area contributed by atoms with E-state index in [-0.39, 0.29) is 0 Å². The third-order valence-corrected chi connectivity index (χ3v) is 7.26. The van der Waals surface area contributed by atoms with Gasteiger partial charge in [-0.15, -0.1) is 11.3 Å². The third kappa shape index (κ3) is 3.31. The summed E-state index contributed by atoms with van der Waals surface area (Å²) in [6.45, 7) is 6.74. The molecule has 1 aromatic carbocycles.